The number of aryl methyl sites for hydroxylation is 1. The molecule has 1 aromatic carbocycles. The van der Waals surface area contributed by atoms with Gasteiger partial charge in [-0.05, 0) is 25.0 Å². The fourth-order valence-corrected chi connectivity index (χ4v) is 2.53. The van der Waals surface area contributed by atoms with Gasteiger partial charge in [-0.1, -0.05) is 12.1 Å². The van der Waals surface area contributed by atoms with Crippen LogP contribution in [-0.4, -0.2) is 30.4 Å². The highest BCUT2D eigenvalue weighted by molar-refractivity contribution is 7.90. The molecule has 1 aromatic heterocycles. The Balaban J connectivity index is 2.23. The molecule has 0 bridgehead atoms. The number of aromatic nitrogens is 2. The van der Waals surface area contributed by atoms with Gasteiger partial charge in [0.2, 0.25) is 0 Å². The molecule has 0 aliphatic heterocycles. The minimum atomic E-state index is -2.99. The van der Waals surface area contributed by atoms with Crippen LogP contribution >= 0.6 is 0 Å². The maximum atomic E-state index is 11.1. The predicted molar refractivity (Wildman–Crippen MR) is 72.1 cm³/mol. The van der Waals surface area contributed by atoms with E-state index in [9.17, 15) is 8.42 Å². The van der Waals surface area contributed by atoms with E-state index in [0.717, 1.165) is 16.6 Å². The number of benzene rings is 1. The summed E-state index contributed by atoms with van der Waals surface area (Å²) in [6.07, 6.45) is 1.58. The first-order valence-corrected chi connectivity index (χ1v) is 7.81. The molecule has 1 unspecified atom stereocenters. The Bertz CT molecular complexity index is 661. The molecule has 0 aliphatic rings. The van der Waals surface area contributed by atoms with Crippen LogP contribution in [0.1, 0.15) is 23.9 Å². The molecular weight excluding hydrogens is 250 g/mol. The van der Waals surface area contributed by atoms with Gasteiger partial charge in [-0.25, -0.2) is 13.4 Å². The molecule has 0 fully saturated rings. The molecule has 3 N–H and O–H groups in total. The van der Waals surface area contributed by atoms with Gasteiger partial charge in [-0.3, -0.25) is 0 Å². The Morgan fingerprint density at radius 3 is 2.78 bits per heavy atom. The second kappa shape index (κ2) is 4.70. The zero-order valence-electron chi connectivity index (χ0n) is 10.5. The topological polar surface area (TPSA) is 88.8 Å². The summed E-state index contributed by atoms with van der Waals surface area (Å²) in [5.74, 6) is 0.715. The van der Waals surface area contributed by atoms with Crippen LogP contribution in [0.15, 0.2) is 18.2 Å². The van der Waals surface area contributed by atoms with Crippen LogP contribution in [0.4, 0.5) is 0 Å². The minimum absolute atomic E-state index is 0.0736. The molecule has 6 heteroatoms. The number of H-pyrrole nitrogens is 1. The lowest BCUT2D eigenvalue weighted by atomic mass is 10.2. The number of fused-ring (bicyclic) bond motifs is 1. The van der Waals surface area contributed by atoms with Crippen molar-refractivity contribution in [2.45, 2.75) is 19.4 Å². The highest BCUT2D eigenvalue weighted by Crippen LogP contribution is 2.19. The molecule has 0 saturated carbocycles. The number of rotatable bonds is 4. The van der Waals surface area contributed by atoms with E-state index in [0.29, 0.717) is 12.2 Å². The Labute approximate surface area is 106 Å². The molecule has 18 heavy (non-hydrogen) atoms. The Hall–Kier alpha value is -1.40. The van der Waals surface area contributed by atoms with Crippen molar-refractivity contribution < 1.29 is 8.42 Å². The number of nitrogens with zero attached hydrogens (tertiary/aromatic N) is 1. The van der Waals surface area contributed by atoms with Crippen molar-refractivity contribution in [2.75, 3.05) is 12.0 Å². The first-order chi connectivity index (χ1) is 8.37. The van der Waals surface area contributed by atoms with Crippen molar-refractivity contribution in [3.63, 3.8) is 0 Å². The number of nitrogens with one attached hydrogen (secondary N) is 1. The number of aromatic amines is 1. The summed E-state index contributed by atoms with van der Waals surface area (Å²) in [6, 6.07) is 5.48. The third kappa shape index (κ3) is 2.88. The van der Waals surface area contributed by atoms with Crippen LogP contribution in [0.3, 0.4) is 0 Å². The van der Waals surface area contributed by atoms with Crippen LogP contribution in [0.5, 0.6) is 0 Å². The molecular formula is C12H17N3O2S. The third-order valence-electron chi connectivity index (χ3n) is 2.88. The normalized spacial score (nSPS) is 13.9. The number of sulfone groups is 1. The van der Waals surface area contributed by atoms with E-state index < -0.39 is 9.84 Å². The van der Waals surface area contributed by atoms with Crippen LogP contribution in [0.25, 0.3) is 11.0 Å². The van der Waals surface area contributed by atoms with E-state index in [1.165, 1.54) is 6.26 Å². The monoisotopic (exact) mass is 267 g/mol. The lowest BCUT2D eigenvalue weighted by Crippen LogP contribution is -2.16. The molecule has 2 rings (SSSR count). The van der Waals surface area contributed by atoms with E-state index in [1.54, 1.807) is 0 Å². The summed E-state index contributed by atoms with van der Waals surface area (Å²) in [4.78, 5) is 7.58. The van der Waals surface area contributed by atoms with E-state index in [1.807, 2.05) is 25.1 Å². The summed E-state index contributed by atoms with van der Waals surface area (Å²) in [6.45, 7) is 1.98. The molecule has 0 saturated heterocycles. The number of hydrogen-bond acceptors (Lipinski definition) is 4. The highest BCUT2D eigenvalue weighted by atomic mass is 32.2. The van der Waals surface area contributed by atoms with Gasteiger partial charge in [0.15, 0.2) is 0 Å². The summed E-state index contributed by atoms with van der Waals surface area (Å²) >= 11 is 0. The van der Waals surface area contributed by atoms with Gasteiger partial charge < -0.3 is 10.7 Å². The molecule has 1 heterocycles. The maximum Gasteiger partial charge on any atom is 0.147 e. The van der Waals surface area contributed by atoms with E-state index in [4.69, 9.17) is 5.73 Å². The van der Waals surface area contributed by atoms with Crippen LogP contribution in [0, 0.1) is 6.92 Å². The lowest BCUT2D eigenvalue weighted by molar-refractivity contribution is 0.588. The fraction of sp³-hybridized carbons (Fsp3) is 0.417. The largest absolute Gasteiger partial charge is 0.341 e. The van der Waals surface area contributed by atoms with Crippen LogP contribution in [-0.2, 0) is 9.84 Å². The first-order valence-electron chi connectivity index (χ1n) is 5.75. The van der Waals surface area contributed by atoms with Crippen molar-refractivity contribution in [3.8, 4) is 0 Å². The highest BCUT2D eigenvalue weighted by Gasteiger charge is 2.14. The average Bonchev–Trinajstić information content (AvgIpc) is 2.70. The van der Waals surface area contributed by atoms with Crippen LogP contribution in [0.2, 0.25) is 0 Å². The average molecular weight is 267 g/mol. The van der Waals surface area contributed by atoms with Crippen molar-refractivity contribution >= 4 is 20.9 Å². The van der Waals surface area contributed by atoms with Gasteiger partial charge in [-0.2, -0.15) is 0 Å². The zero-order valence-corrected chi connectivity index (χ0v) is 11.3. The van der Waals surface area contributed by atoms with Gasteiger partial charge in [-0.15, -0.1) is 0 Å². The zero-order chi connectivity index (χ0) is 13.3. The van der Waals surface area contributed by atoms with Gasteiger partial charge in [0.25, 0.3) is 0 Å². The molecule has 0 radical (unpaired) electrons. The lowest BCUT2D eigenvalue weighted by Gasteiger charge is -2.06. The van der Waals surface area contributed by atoms with E-state index in [2.05, 4.69) is 9.97 Å². The summed E-state index contributed by atoms with van der Waals surface area (Å²) in [5, 5.41) is 0. The molecule has 0 aliphatic carbocycles. The Morgan fingerprint density at radius 1 is 1.44 bits per heavy atom. The summed E-state index contributed by atoms with van der Waals surface area (Å²) in [5.41, 5.74) is 8.85. The number of imidazole rings is 1. The van der Waals surface area contributed by atoms with Gasteiger partial charge in [0.05, 0.1) is 22.8 Å². The van der Waals surface area contributed by atoms with E-state index >= 15 is 0 Å². The number of para-hydroxylation sites is 1. The minimum Gasteiger partial charge on any atom is -0.341 e. The quantitative estimate of drug-likeness (QED) is 0.874. The van der Waals surface area contributed by atoms with E-state index in [-0.39, 0.29) is 11.8 Å². The van der Waals surface area contributed by atoms with Crippen molar-refractivity contribution in [1.82, 2.24) is 9.97 Å². The number of hydrogen-bond donors (Lipinski definition) is 2. The smallest absolute Gasteiger partial charge is 0.147 e. The van der Waals surface area contributed by atoms with Gasteiger partial charge in [0.1, 0.15) is 15.7 Å². The predicted octanol–water partition coefficient (Wildman–Crippen LogP) is 1.31. The molecule has 98 valence electrons. The van der Waals surface area contributed by atoms with Gasteiger partial charge in [0, 0.05) is 6.26 Å². The number of nitrogens with two attached hydrogens (primary N) is 1. The molecule has 2 aromatic rings. The molecule has 0 amide bonds. The third-order valence-corrected chi connectivity index (χ3v) is 3.86. The standard InChI is InChI=1S/C12H17N3O2S/c1-8-4-3-5-10-11(8)15-12(14-10)9(13)6-7-18(2,16)17/h3-5,9H,6-7,13H2,1-2H3,(H,14,15). The second-order valence-electron chi connectivity index (χ2n) is 4.62. The Kier molecular flexibility index (Phi) is 3.41. The first kappa shape index (κ1) is 13.0. The summed E-state index contributed by atoms with van der Waals surface area (Å²) < 4.78 is 22.2. The Morgan fingerprint density at radius 2 is 2.17 bits per heavy atom. The summed E-state index contributed by atoms with van der Waals surface area (Å²) in [7, 11) is -2.99. The van der Waals surface area contributed by atoms with Crippen molar-refractivity contribution in [3.05, 3.63) is 29.6 Å². The second-order valence-corrected chi connectivity index (χ2v) is 6.88. The molecule has 5 nitrogen and oxygen atoms in total. The maximum absolute atomic E-state index is 11.1. The van der Waals surface area contributed by atoms with Crippen LogP contribution < -0.4 is 5.73 Å². The fourth-order valence-electron chi connectivity index (χ4n) is 1.85. The molecule has 0 spiro atoms. The van der Waals surface area contributed by atoms with Gasteiger partial charge >= 0.3 is 0 Å². The van der Waals surface area contributed by atoms with Crippen molar-refractivity contribution in [1.29, 1.82) is 0 Å². The molecule has 1 atom stereocenters. The van der Waals surface area contributed by atoms with Crippen molar-refractivity contribution in [2.24, 2.45) is 5.73 Å². The SMILES string of the molecule is Cc1cccc2[nH]c(C(N)CCS(C)(=O)=O)nc12.